The van der Waals surface area contributed by atoms with Crippen molar-refractivity contribution in [1.82, 2.24) is 5.32 Å². The molecule has 0 radical (unpaired) electrons. The molecule has 8 heteroatoms. The lowest BCUT2D eigenvalue weighted by Crippen LogP contribution is -2.52. The van der Waals surface area contributed by atoms with Crippen molar-refractivity contribution in [2.45, 2.75) is 17.7 Å². The van der Waals surface area contributed by atoms with E-state index in [0.717, 1.165) is 17.7 Å². The number of hydrogen-bond donors (Lipinski definition) is 2. The van der Waals surface area contributed by atoms with Gasteiger partial charge in [0.1, 0.15) is 23.5 Å². The number of halogens is 3. The SMILES string of the molecule is O=C(Nc1ccc(F)cc1F)C1CSC(Cc2ccc(F)cc2)C(=O)N1. The van der Waals surface area contributed by atoms with Crippen LogP contribution < -0.4 is 10.6 Å². The lowest BCUT2D eigenvalue weighted by Gasteiger charge is -2.28. The first-order chi connectivity index (χ1) is 12.4. The first-order valence-corrected chi connectivity index (χ1v) is 8.89. The standard InChI is InChI=1S/C18H15F3N2O2S/c19-11-3-1-10(2-4-11)7-16-18(25)23-15(9-26-16)17(24)22-14-6-5-12(20)8-13(14)21/h1-6,8,15-16H,7,9H2,(H,22,24)(H,23,25). The van der Waals surface area contributed by atoms with E-state index in [1.165, 1.54) is 23.9 Å². The summed E-state index contributed by atoms with van der Waals surface area (Å²) in [6.07, 6.45) is 0.414. The van der Waals surface area contributed by atoms with Gasteiger partial charge in [-0.3, -0.25) is 9.59 Å². The quantitative estimate of drug-likeness (QED) is 0.858. The molecule has 26 heavy (non-hydrogen) atoms. The van der Waals surface area contributed by atoms with E-state index in [4.69, 9.17) is 0 Å². The van der Waals surface area contributed by atoms with Crippen LogP contribution in [0.4, 0.5) is 18.9 Å². The Hall–Kier alpha value is -2.48. The zero-order valence-corrected chi connectivity index (χ0v) is 14.3. The van der Waals surface area contributed by atoms with E-state index < -0.39 is 28.8 Å². The summed E-state index contributed by atoms with van der Waals surface area (Å²) in [5.41, 5.74) is 0.666. The summed E-state index contributed by atoms with van der Waals surface area (Å²) in [5, 5.41) is 4.56. The summed E-state index contributed by atoms with van der Waals surface area (Å²) in [5.74, 6) is -2.55. The number of nitrogens with one attached hydrogen (secondary N) is 2. The molecule has 2 N–H and O–H groups in total. The van der Waals surface area contributed by atoms with Crippen LogP contribution in [0.1, 0.15) is 5.56 Å². The molecule has 2 unspecified atom stereocenters. The summed E-state index contributed by atoms with van der Waals surface area (Å²) in [6, 6.07) is 7.88. The van der Waals surface area contributed by atoms with Crippen LogP contribution in [0, 0.1) is 17.5 Å². The molecular weight excluding hydrogens is 365 g/mol. The predicted molar refractivity (Wildman–Crippen MR) is 93.3 cm³/mol. The molecule has 0 bridgehead atoms. The monoisotopic (exact) mass is 380 g/mol. The van der Waals surface area contributed by atoms with E-state index in [9.17, 15) is 22.8 Å². The lowest BCUT2D eigenvalue weighted by molar-refractivity contribution is -0.126. The Bertz CT molecular complexity index is 830. The number of hydrogen-bond acceptors (Lipinski definition) is 3. The molecule has 136 valence electrons. The second-order valence-corrected chi connectivity index (χ2v) is 7.06. The van der Waals surface area contributed by atoms with Gasteiger partial charge in [-0.1, -0.05) is 12.1 Å². The van der Waals surface area contributed by atoms with Gasteiger partial charge in [0.05, 0.1) is 10.9 Å². The Morgan fingerprint density at radius 3 is 2.46 bits per heavy atom. The first kappa shape index (κ1) is 18.3. The first-order valence-electron chi connectivity index (χ1n) is 7.85. The Balaban J connectivity index is 1.58. The molecule has 0 spiro atoms. The van der Waals surface area contributed by atoms with Crippen molar-refractivity contribution in [2.24, 2.45) is 0 Å². The third kappa shape index (κ3) is 4.37. The van der Waals surface area contributed by atoms with Crippen LogP contribution in [0.2, 0.25) is 0 Å². The number of benzene rings is 2. The van der Waals surface area contributed by atoms with Crippen LogP contribution in [0.15, 0.2) is 42.5 Å². The van der Waals surface area contributed by atoms with Crippen LogP contribution in [0.25, 0.3) is 0 Å². The Morgan fingerprint density at radius 2 is 1.81 bits per heavy atom. The second kappa shape index (κ2) is 7.82. The summed E-state index contributed by atoms with van der Waals surface area (Å²) in [7, 11) is 0. The molecular formula is C18H15F3N2O2S. The number of rotatable bonds is 4. The van der Waals surface area contributed by atoms with Crippen LogP contribution in [0.5, 0.6) is 0 Å². The van der Waals surface area contributed by atoms with E-state index in [2.05, 4.69) is 10.6 Å². The molecule has 2 aromatic carbocycles. The molecule has 1 aliphatic heterocycles. The average Bonchev–Trinajstić information content (AvgIpc) is 2.61. The minimum absolute atomic E-state index is 0.149. The van der Waals surface area contributed by atoms with E-state index in [1.54, 1.807) is 12.1 Å². The van der Waals surface area contributed by atoms with Crippen molar-refractivity contribution in [1.29, 1.82) is 0 Å². The highest BCUT2D eigenvalue weighted by atomic mass is 32.2. The second-order valence-electron chi connectivity index (χ2n) is 5.83. The normalized spacial score (nSPS) is 19.7. The largest absolute Gasteiger partial charge is 0.343 e. The third-order valence-electron chi connectivity index (χ3n) is 3.91. The fourth-order valence-electron chi connectivity index (χ4n) is 2.53. The van der Waals surface area contributed by atoms with Crippen molar-refractivity contribution in [3.63, 3.8) is 0 Å². The van der Waals surface area contributed by atoms with Gasteiger partial charge < -0.3 is 10.6 Å². The molecule has 1 heterocycles. The zero-order valence-electron chi connectivity index (χ0n) is 13.5. The number of anilines is 1. The summed E-state index contributed by atoms with van der Waals surface area (Å²) < 4.78 is 39.4. The van der Waals surface area contributed by atoms with Crippen molar-refractivity contribution in [3.8, 4) is 0 Å². The van der Waals surface area contributed by atoms with E-state index in [0.29, 0.717) is 18.2 Å². The molecule has 2 amide bonds. The van der Waals surface area contributed by atoms with Gasteiger partial charge in [0, 0.05) is 11.8 Å². The maximum absolute atomic E-state index is 13.6. The number of carbonyl (C=O) groups excluding carboxylic acids is 2. The van der Waals surface area contributed by atoms with E-state index >= 15 is 0 Å². The number of thioether (sulfide) groups is 1. The molecule has 3 rings (SSSR count). The van der Waals surface area contributed by atoms with Gasteiger partial charge in [-0.15, -0.1) is 11.8 Å². The minimum Gasteiger partial charge on any atom is -0.343 e. The van der Waals surface area contributed by atoms with Crippen molar-refractivity contribution in [3.05, 3.63) is 65.5 Å². The average molecular weight is 380 g/mol. The van der Waals surface area contributed by atoms with Crippen molar-refractivity contribution < 1.29 is 22.8 Å². The van der Waals surface area contributed by atoms with E-state index in [-0.39, 0.29) is 17.4 Å². The highest BCUT2D eigenvalue weighted by Gasteiger charge is 2.32. The van der Waals surface area contributed by atoms with Gasteiger partial charge >= 0.3 is 0 Å². The van der Waals surface area contributed by atoms with Gasteiger partial charge in [-0.2, -0.15) is 0 Å². The molecule has 0 aliphatic carbocycles. The van der Waals surface area contributed by atoms with Gasteiger partial charge in [0.15, 0.2) is 0 Å². The molecule has 2 atom stereocenters. The molecule has 1 saturated heterocycles. The van der Waals surface area contributed by atoms with Gasteiger partial charge in [-0.05, 0) is 36.2 Å². The summed E-state index contributed by atoms with van der Waals surface area (Å²) >= 11 is 1.30. The Morgan fingerprint density at radius 1 is 1.12 bits per heavy atom. The van der Waals surface area contributed by atoms with E-state index in [1.807, 2.05) is 0 Å². The third-order valence-corrected chi connectivity index (χ3v) is 5.22. The highest BCUT2D eigenvalue weighted by molar-refractivity contribution is 8.00. The van der Waals surface area contributed by atoms with Crippen molar-refractivity contribution >= 4 is 29.3 Å². The topological polar surface area (TPSA) is 58.2 Å². The molecule has 0 saturated carbocycles. The molecule has 1 fully saturated rings. The smallest absolute Gasteiger partial charge is 0.247 e. The van der Waals surface area contributed by atoms with Gasteiger partial charge in [0.2, 0.25) is 11.8 Å². The van der Waals surface area contributed by atoms with Crippen LogP contribution in [-0.4, -0.2) is 28.9 Å². The molecule has 2 aromatic rings. The minimum atomic E-state index is -0.887. The fraction of sp³-hybridized carbons (Fsp3) is 0.222. The molecule has 1 aliphatic rings. The summed E-state index contributed by atoms with van der Waals surface area (Å²) in [4.78, 5) is 24.4. The number of carbonyl (C=O) groups is 2. The predicted octanol–water partition coefficient (Wildman–Crippen LogP) is 2.89. The zero-order chi connectivity index (χ0) is 18.7. The fourth-order valence-corrected chi connectivity index (χ4v) is 3.72. The van der Waals surface area contributed by atoms with Gasteiger partial charge in [-0.25, -0.2) is 13.2 Å². The lowest BCUT2D eigenvalue weighted by atomic mass is 10.1. The maximum Gasteiger partial charge on any atom is 0.247 e. The molecule has 0 aromatic heterocycles. The van der Waals surface area contributed by atoms with Crippen LogP contribution in [-0.2, 0) is 16.0 Å². The highest BCUT2D eigenvalue weighted by Crippen LogP contribution is 2.23. The van der Waals surface area contributed by atoms with Gasteiger partial charge in [0.25, 0.3) is 0 Å². The molecule has 4 nitrogen and oxygen atoms in total. The van der Waals surface area contributed by atoms with Crippen LogP contribution in [0.3, 0.4) is 0 Å². The summed E-state index contributed by atoms with van der Waals surface area (Å²) in [6.45, 7) is 0. The van der Waals surface area contributed by atoms with Crippen LogP contribution >= 0.6 is 11.8 Å². The maximum atomic E-state index is 13.6. The Labute approximate surface area is 152 Å². The number of amides is 2. The van der Waals surface area contributed by atoms with Crippen molar-refractivity contribution in [2.75, 3.05) is 11.1 Å². The Kier molecular flexibility index (Phi) is 5.51.